The minimum Gasteiger partial charge on any atom is -0.355 e. The lowest BCUT2D eigenvalue weighted by Gasteiger charge is -2.20. The largest absolute Gasteiger partial charge is 0.355 e. The molecule has 4 nitrogen and oxygen atoms in total. The Balaban J connectivity index is 1.85. The van der Waals surface area contributed by atoms with Crippen LogP contribution < -0.4 is 5.32 Å². The fourth-order valence-corrected chi connectivity index (χ4v) is 2.63. The summed E-state index contributed by atoms with van der Waals surface area (Å²) in [7, 11) is 0. The fraction of sp³-hybridized carbons (Fsp3) is 0.500. The molecule has 1 heterocycles. The molecule has 1 aromatic rings. The zero-order chi connectivity index (χ0) is 16.3. The molecule has 1 N–H and O–H groups in total. The molecule has 2 amide bonds. The molecule has 1 saturated heterocycles. The van der Waals surface area contributed by atoms with Crippen LogP contribution in [0.2, 0.25) is 0 Å². The summed E-state index contributed by atoms with van der Waals surface area (Å²) >= 11 is 0. The Kier molecular flexibility index (Phi) is 5.11. The lowest BCUT2D eigenvalue weighted by molar-refractivity contribution is -0.129. The number of likely N-dealkylation sites (tertiary alicyclic amines) is 1. The minimum absolute atomic E-state index is 0.0321. The predicted molar refractivity (Wildman–Crippen MR) is 78.0 cm³/mol. The van der Waals surface area contributed by atoms with Gasteiger partial charge in [0.15, 0.2) is 0 Å². The van der Waals surface area contributed by atoms with Crippen LogP contribution in [0.1, 0.15) is 25.8 Å². The van der Waals surface area contributed by atoms with Crippen LogP contribution in [0.25, 0.3) is 0 Å². The van der Waals surface area contributed by atoms with Crippen molar-refractivity contribution in [2.24, 2.45) is 5.92 Å². The Morgan fingerprint density at radius 2 is 2.00 bits per heavy atom. The molecule has 22 heavy (non-hydrogen) atoms. The van der Waals surface area contributed by atoms with Crippen molar-refractivity contribution in [2.45, 2.75) is 32.7 Å². The summed E-state index contributed by atoms with van der Waals surface area (Å²) in [5.41, 5.74) is -0.0332. The molecule has 120 valence electrons. The highest BCUT2D eigenvalue weighted by Crippen LogP contribution is 2.20. The first-order chi connectivity index (χ1) is 10.4. The van der Waals surface area contributed by atoms with Gasteiger partial charge in [-0.25, -0.2) is 8.78 Å². The van der Waals surface area contributed by atoms with Crippen molar-refractivity contribution >= 4 is 11.8 Å². The van der Waals surface area contributed by atoms with Crippen molar-refractivity contribution in [1.29, 1.82) is 0 Å². The van der Waals surface area contributed by atoms with Gasteiger partial charge >= 0.3 is 0 Å². The van der Waals surface area contributed by atoms with Gasteiger partial charge in [0.1, 0.15) is 11.6 Å². The van der Waals surface area contributed by atoms with Crippen LogP contribution in [0, 0.1) is 17.6 Å². The Hall–Kier alpha value is -1.98. The smallest absolute Gasteiger partial charge is 0.225 e. The van der Waals surface area contributed by atoms with Crippen LogP contribution in [0.5, 0.6) is 0 Å². The van der Waals surface area contributed by atoms with E-state index >= 15 is 0 Å². The van der Waals surface area contributed by atoms with Gasteiger partial charge in [-0.1, -0.05) is 6.07 Å². The molecule has 1 fully saturated rings. The van der Waals surface area contributed by atoms with Gasteiger partial charge in [0.25, 0.3) is 0 Å². The summed E-state index contributed by atoms with van der Waals surface area (Å²) in [5.74, 6) is -1.89. The summed E-state index contributed by atoms with van der Waals surface area (Å²) in [6.45, 7) is 4.34. The number of hydrogen-bond donors (Lipinski definition) is 1. The fourth-order valence-electron chi connectivity index (χ4n) is 2.63. The average molecular weight is 310 g/mol. The van der Waals surface area contributed by atoms with E-state index in [-0.39, 0.29) is 48.7 Å². The molecule has 0 aliphatic carbocycles. The van der Waals surface area contributed by atoms with Crippen molar-refractivity contribution in [1.82, 2.24) is 10.2 Å². The number of rotatable bonds is 5. The van der Waals surface area contributed by atoms with E-state index in [1.165, 1.54) is 18.2 Å². The molecule has 0 saturated carbocycles. The van der Waals surface area contributed by atoms with Gasteiger partial charge < -0.3 is 10.2 Å². The quantitative estimate of drug-likeness (QED) is 0.903. The molecule has 1 unspecified atom stereocenters. The van der Waals surface area contributed by atoms with Gasteiger partial charge in [0, 0.05) is 31.1 Å². The number of benzene rings is 1. The molecule has 0 spiro atoms. The molecule has 1 aliphatic rings. The SMILES string of the molecule is CC(C)N1CC(C(=O)NCCc2c(F)cccc2F)CC1=O. The van der Waals surface area contributed by atoms with E-state index in [1.807, 2.05) is 13.8 Å². The monoisotopic (exact) mass is 310 g/mol. The third-order valence-electron chi connectivity index (χ3n) is 3.89. The molecule has 1 atom stereocenters. The minimum atomic E-state index is -0.615. The molecule has 0 bridgehead atoms. The first-order valence-corrected chi connectivity index (χ1v) is 7.40. The maximum absolute atomic E-state index is 13.5. The van der Waals surface area contributed by atoms with Gasteiger partial charge in [-0.3, -0.25) is 9.59 Å². The maximum Gasteiger partial charge on any atom is 0.225 e. The second-order valence-corrected chi connectivity index (χ2v) is 5.78. The maximum atomic E-state index is 13.5. The first kappa shape index (κ1) is 16.4. The first-order valence-electron chi connectivity index (χ1n) is 7.40. The number of hydrogen-bond acceptors (Lipinski definition) is 2. The van der Waals surface area contributed by atoms with Crippen LogP contribution in [0.3, 0.4) is 0 Å². The standard InChI is InChI=1S/C16H20F2N2O2/c1-10(2)20-9-11(8-15(20)21)16(22)19-7-6-12-13(17)4-3-5-14(12)18/h3-5,10-11H,6-9H2,1-2H3,(H,19,22). The molecular weight excluding hydrogens is 290 g/mol. The molecule has 1 aliphatic heterocycles. The highest BCUT2D eigenvalue weighted by atomic mass is 19.1. The average Bonchev–Trinajstić information content (AvgIpc) is 2.84. The van der Waals surface area contributed by atoms with E-state index in [2.05, 4.69) is 5.32 Å². The topological polar surface area (TPSA) is 49.4 Å². The lowest BCUT2D eigenvalue weighted by atomic mass is 10.1. The molecular formula is C16H20F2N2O2. The van der Waals surface area contributed by atoms with Crippen molar-refractivity contribution in [3.63, 3.8) is 0 Å². The molecule has 1 aromatic carbocycles. The van der Waals surface area contributed by atoms with Crippen molar-refractivity contribution in [2.75, 3.05) is 13.1 Å². The van der Waals surface area contributed by atoms with Gasteiger partial charge in [0.05, 0.1) is 5.92 Å². The summed E-state index contributed by atoms with van der Waals surface area (Å²) in [6, 6.07) is 3.75. The molecule has 6 heteroatoms. The second kappa shape index (κ2) is 6.85. The highest BCUT2D eigenvalue weighted by molar-refractivity contribution is 5.89. The van der Waals surface area contributed by atoms with Crippen LogP contribution in [-0.2, 0) is 16.0 Å². The second-order valence-electron chi connectivity index (χ2n) is 5.78. The Labute approximate surface area is 128 Å². The zero-order valence-electron chi connectivity index (χ0n) is 12.7. The zero-order valence-corrected chi connectivity index (χ0v) is 12.7. The highest BCUT2D eigenvalue weighted by Gasteiger charge is 2.35. The number of carbonyl (C=O) groups is 2. The number of nitrogens with zero attached hydrogens (tertiary/aromatic N) is 1. The number of halogens is 2. The molecule has 2 rings (SSSR count). The van der Waals surface area contributed by atoms with Crippen LogP contribution in [0.15, 0.2) is 18.2 Å². The van der Waals surface area contributed by atoms with Gasteiger partial charge in [-0.2, -0.15) is 0 Å². The summed E-state index contributed by atoms with van der Waals surface area (Å²) < 4.78 is 26.9. The van der Waals surface area contributed by atoms with Gasteiger partial charge in [0.2, 0.25) is 11.8 Å². The van der Waals surface area contributed by atoms with E-state index in [9.17, 15) is 18.4 Å². The van der Waals surface area contributed by atoms with Crippen LogP contribution in [-0.4, -0.2) is 35.8 Å². The summed E-state index contributed by atoms with van der Waals surface area (Å²) in [4.78, 5) is 25.5. The van der Waals surface area contributed by atoms with E-state index in [4.69, 9.17) is 0 Å². The van der Waals surface area contributed by atoms with Crippen molar-refractivity contribution in [3.05, 3.63) is 35.4 Å². The normalized spacial score (nSPS) is 18.1. The number of nitrogens with one attached hydrogen (secondary N) is 1. The van der Waals surface area contributed by atoms with Crippen molar-refractivity contribution < 1.29 is 18.4 Å². The molecule has 0 aromatic heterocycles. The molecule has 0 radical (unpaired) electrons. The number of amides is 2. The van der Waals surface area contributed by atoms with Crippen LogP contribution in [0.4, 0.5) is 8.78 Å². The van der Waals surface area contributed by atoms with E-state index in [1.54, 1.807) is 4.90 Å². The third-order valence-corrected chi connectivity index (χ3v) is 3.89. The van der Waals surface area contributed by atoms with E-state index < -0.39 is 11.6 Å². The lowest BCUT2D eigenvalue weighted by Crippen LogP contribution is -2.36. The van der Waals surface area contributed by atoms with E-state index in [0.717, 1.165) is 0 Å². The summed E-state index contributed by atoms with van der Waals surface area (Å²) in [6.07, 6.45) is 0.275. The summed E-state index contributed by atoms with van der Waals surface area (Å²) in [5, 5.41) is 2.66. The third kappa shape index (κ3) is 3.61. The van der Waals surface area contributed by atoms with Gasteiger partial charge in [-0.05, 0) is 32.4 Å². The Morgan fingerprint density at radius 1 is 1.36 bits per heavy atom. The van der Waals surface area contributed by atoms with Gasteiger partial charge in [-0.15, -0.1) is 0 Å². The van der Waals surface area contributed by atoms with Crippen LogP contribution >= 0.6 is 0 Å². The van der Waals surface area contributed by atoms with Crippen molar-refractivity contribution in [3.8, 4) is 0 Å². The Bertz CT molecular complexity index is 555. The Morgan fingerprint density at radius 3 is 2.55 bits per heavy atom. The predicted octanol–water partition coefficient (Wildman–Crippen LogP) is 1.88. The number of carbonyl (C=O) groups excluding carboxylic acids is 2. The van der Waals surface area contributed by atoms with E-state index in [0.29, 0.717) is 6.54 Å².